The maximum atomic E-state index is 11.9. The van der Waals surface area contributed by atoms with Crippen LogP contribution in [0.5, 0.6) is 0 Å². The molecule has 0 aliphatic heterocycles. The monoisotopic (exact) mass is 265 g/mol. The maximum absolute atomic E-state index is 11.9. The number of fused-ring (bicyclic) bond motifs is 1. The second-order valence-electron chi connectivity index (χ2n) is 4.79. The lowest BCUT2D eigenvalue weighted by Gasteiger charge is -2.29. The summed E-state index contributed by atoms with van der Waals surface area (Å²) in [5, 5.41) is 0. The highest BCUT2D eigenvalue weighted by molar-refractivity contribution is 7.80. The van der Waals surface area contributed by atoms with Gasteiger partial charge < -0.3 is 4.42 Å². The second kappa shape index (κ2) is 5.22. The van der Waals surface area contributed by atoms with Crippen molar-refractivity contribution in [2.45, 2.75) is 33.2 Å². The van der Waals surface area contributed by atoms with Crippen LogP contribution in [-0.2, 0) is 6.54 Å². The van der Waals surface area contributed by atoms with Gasteiger partial charge in [-0.15, -0.1) is 0 Å². The average Bonchev–Trinajstić information content (AvgIpc) is 2.72. The van der Waals surface area contributed by atoms with Crippen LogP contribution >= 0.6 is 12.6 Å². The Kier molecular flexibility index (Phi) is 3.85. The molecule has 0 radical (unpaired) electrons. The molecule has 0 spiro atoms. The number of hydrogen-bond donors (Lipinski definition) is 1. The molecule has 0 amide bonds. The zero-order valence-corrected chi connectivity index (χ0v) is 11.7. The molecular formula is C14H19NO2S. The fourth-order valence-corrected chi connectivity index (χ4v) is 2.79. The van der Waals surface area contributed by atoms with Gasteiger partial charge >= 0.3 is 5.76 Å². The van der Waals surface area contributed by atoms with Crippen molar-refractivity contribution in [1.29, 1.82) is 0 Å². The number of nitrogens with zero attached hydrogens (tertiary/aromatic N) is 1. The first kappa shape index (κ1) is 13.3. The van der Waals surface area contributed by atoms with Gasteiger partial charge in [0.25, 0.3) is 0 Å². The summed E-state index contributed by atoms with van der Waals surface area (Å²) in [7, 11) is 0. The van der Waals surface area contributed by atoms with Gasteiger partial charge in [-0.05, 0) is 36.1 Å². The first-order valence-corrected chi connectivity index (χ1v) is 6.98. The molecule has 3 nitrogen and oxygen atoms in total. The number of benzene rings is 1. The van der Waals surface area contributed by atoms with Crippen molar-refractivity contribution in [3.8, 4) is 0 Å². The topological polar surface area (TPSA) is 35.1 Å². The summed E-state index contributed by atoms with van der Waals surface area (Å²) in [6, 6.07) is 7.55. The highest BCUT2D eigenvalue weighted by Gasteiger charge is 2.27. The Morgan fingerprint density at radius 2 is 1.94 bits per heavy atom. The lowest BCUT2D eigenvalue weighted by Crippen LogP contribution is -2.31. The fourth-order valence-electron chi connectivity index (χ4n) is 2.25. The smallest absolute Gasteiger partial charge is 0.408 e. The van der Waals surface area contributed by atoms with E-state index in [2.05, 4.69) is 26.5 Å². The summed E-state index contributed by atoms with van der Waals surface area (Å²) in [6.45, 7) is 4.96. The van der Waals surface area contributed by atoms with E-state index in [0.717, 1.165) is 24.1 Å². The zero-order chi connectivity index (χ0) is 13.2. The molecule has 0 unspecified atom stereocenters. The number of aromatic nitrogens is 1. The SMILES string of the molecule is CCC(CC)(CS)Cn1c(=O)oc2ccccc21. The van der Waals surface area contributed by atoms with Crippen molar-refractivity contribution in [2.75, 3.05) is 5.75 Å². The molecule has 98 valence electrons. The third-order valence-electron chi connectivity index (χ3n) is 3.90. The van der Waals surface area contributed by atoms with Crippen LogP contribution < -0.4 is 5.76 Å². The summed E-state index contributed by atoms with van der Waals surface area (Å²) in [4.78, 5) is 11.9. The summed E-state index contributed by atoms with van der Waals surface area (Å²) in [6.07, 6.45) is 2.00. The number of rotatable bonds is 5. The quantitative estimate of drug-likeness (QED) is 0.842. The van der Waals surface area contributed by atoms with E-state index in [-0.39, 0.29) is 11.2 Å². The lowest BCUT2D eigenvalue weighted by molar-refractivity contribution is 0.252. The van der Waals surface area contributed by atoms with E-state index in [1.165, 1.54) is 0 Å². The molecule has 4 heteroatoms. The molecule has 2 rings (SSSR count). The minimum atomic E-state index is -0.274. The van der Waals surface area contributed by atoms with Crippen LogP contribution in [0.4, 0.5) is 0 Å². The van der Waals surface area contributed by atoms with Crippen molar-refractivity contribution < 1.29 is 4.42 Å². The second-order valence-corrected chi connectivity index (χ2v) is 5.10. The van der Waals surface area contributed by atoms with Crippen LogP contribution in [0.1, 0.15) is 26.7 Å². The van der Waals surface area contributed by atoms with E-state index in [9.17, 15) is 4.79 Å². The number of hydrogen-bond acceptors (Lipinski definition) is 3. The van der Waals surface area contributed by atoms with Gasteiger partial charge in [-0.25, -0.2) is 4.79 Å². The van der Waals surface area contributed by atoms with Crippen LogP contribution in [-0.4, -0.2) is 10.3 Å². The van der Waals surface area contributed by atoms with E-state index in [1.54, 1.807) is 4.57 Å². The van der Waals surface area contributed by atoms with Gasteiger partial charge in [-0.2, -0.15) is 12.6 Å². The van der Waals surface area contributed by atoms with E-state index in [1.807, 2.05) is 24.3 Å². The van der Waals surface area contributed by atoms with Gasteiger partial charge in [0.1, 0.15) is 0 Å². The molecule has 1 aromatic heterocycles. The molecule has 0 saturated carbocycles. The summed E-state index contributed by atoms with van der Waals surface area (Å²) >= 11 is 4.46. The van der Waals surface area contributed by atoms with Crippen molar-refractivity contribution in [3.05, 3.63) is 34.8 Å². The molecule has 2 aromatic rings. The van der Waals surface area contributed by atoms with Crippen molar-refractivity contribution in [3.63, 3.8) is 0 Å². The molecule has 0 N–H and O–H groups in total. The third-order valence-corrected chi connectivity index (χ3v) is 4.57. The summed E-state index contributed by atoms with van der Waals surface area (Å²) in [5.74, 6) is 0.496. The Balaban J connectivity index is 2.48. The van der Waals surface area contributed by atoms with E-state index < -0.39 is 0 Å². The maximum Gasteiger partial charge on any atom is 0.419 e. The third kappa shape index (κ3) is 2.21. The van der Waals surface area contributed by atoms with Gasteiger partial charge in [0.15, 0.2) is 5.58 Å². The van der Waals surface area contributed by atoms with Gasteiger partial charge in [-0.3, -0.25) is 4.57 Å². The highest BCUT2D eigenvalue weighted by atomic mass is 32.1. The average molecular weight is 265 g/mol. The highest BCUT2D eigenvalue weighted by Crippen LogP contribution is 2.30. The van der Waals surface area contributed by atoms with Crippen LogP contribution in [0.15, 0.2) is 33.5 Å². The largest absolute Gasteiger partial charge is 0.419 e. The van der Waals surface area contributed by atoms with Gasteiger partial charge in [-0.1, -0.05) is 26.0 Å². The number of thiol groups is 1. The predicted octanol–water partition coefficient (Wildman–Crippen LogP) is 3.33. The van der Waals surface area contributed by atoms with Gasteiger partial charge in [0.05, 0.1) is 5.52 Å². The number of oxazole rings is 1. The minimum absolute atomic E-state index is 0.0551. The lowest BCUT2D eigenvalue weighted by atomic mass is 9.84. The summed E-state index contributed by atoms with van der Waals surface area (Å²) in [5.41, 5.74) is 1.58. The summed E-state index contributed by atoms with van der Waals surface area (Å²) < 4.78 is 7.00. The molecule has 18 heavy (non-hydrogen) atoms. The van der Waals surface area contributed by atoms with E-state index >= 15 is 0 Å². The van der Waals surface area contributed by atoms with Crippen molar-refractivity contribution >= 4 is 23.7 Å². The number of para-hydroxylation sites is 2. The zero-order valence-electron chi connectivity index (χ0n) is 10.8. The normalized spacial score (nSPS) is 12.2. The van der Waals surface area contributed by atoms with Gasteiger partial charge in [0.2, 0.25) is 0 Å². The predicted molar refractivity (Wildman–Crippen MR) is 77.3 cm³/mol. The van der Waals surface area contributed by atoms with Crippen molar-refractivity contribution in [1.82, 2.24) is 4.57 Å². The van der Waals surface area contributed by atoms with E-state index in [0.29, 0.717) is 12.1 Å². The Morgan fingerprint density at radius 1 is 1.28 bits per heavy atom. The first-order chi connectivity index (χ1) is 8.65. The van der Waals surface area contributed by atoms with Crippen LogP contribution in [0.2, 0.25) is 0 Å². The molecular weight excluding hydrogens is 246 g/mol. The van der Waals surface area contributed by atoms with Gasteiger partial charge in [0, 0.05) is 6.54 Å². The molecule has 0 bridgehead atoms. The fraction of sp³-hybridized carbons (Fsp3) is 0.500. The Hall–Kier alpha value is -1.16. The minimum Gasteiger partial charge on any atom is -0.408 e. The standard InChI is InChI=1S/C14H19NO2S/c1-3-14(4-2,10-18)9-15-11-7-5-6-8-12(11)17-13(15)16/h5-8,18H,3-4,9-10H2,1-2H3. The molecule has 0 fully saturated rings. The van der Waals surface area contributed by atoms with Crippen LogP contribution in [0, 0.1) is 5.41 Å². The molecule has 0 aliphatic rings. The molecule has 0 atom stereocenters. The molecule has 0 saturated heterocycles. The van der Waals surface area contributed by atoms with E-state index in [4.69, 9.17) is 4.42 Å². The Labute approximate surface area is 112 Å². The van der Waals surface area contributed by atoms with Crippen LogP contribution in [0.3, 0.4) is 0 Å². The molecule has 1 heterocycles. The molecule has 0 aliphatic carbocycles. The van der Waals surface area contributed by atoms with Crippen molar-refractivity contribution in [2.24, 2.45) is 5.41 Å². The Bertz CT molecular complexity index is 572. The molecule has 1 aromatic carbocycles. The first-order valence-electron chi connectivity index (χ1n) is 6.35. The van der Waals surface area contributed by atoms with Crippen LogP contribution in [0.25, 0.3) is 11.1 Å². The Morgan fingerprint density at radius 3 is 2.56 bits per heavy atom.